The Labute approximate surface area is 349 Å². The largest absolute Gasteiger partial charge is 0.446 e. The molecule has 2 saturated carbocycles. The molecule has 0 bridgehead atoms. The molecule has 324 valence electrons. The van der Waals surface area contributed by atoms with Crippen molar-refractivity contribution in [2.45, 2.75) is 119 Å². The highest BCUT2D eigenvalue weighted by Gasteiger charge is 2.33. The van der Waals surface area contributed by atoms with Crippen LogP contribution in [0.5, 0.6) is 0 Å². The summed E-state index contributed by atoms with van der Waals surface area (Å²) >= 11 is 0. The molecule has 2 aromatic heterocycles. The molecule has 4 aliphatic rings. The Balaban J connectivity index is 0.000000181. The number of fused-ring (bicyclic) bond motifs is 2. The molecule has 0 spiro atoms. The van der Waals surface area contributed by atoms with E-state index in [1.807, 2.05) is 52.0 Å². The molecule has 19 nitrogen and oxygen atoms in total. The van der Waals surface area contributed by atoms with Crippen LogP contribution >= 0.6 is 0 Å². The number of H-pyrrole nitrogens is 2. The number of sulfonamides is 2. The normalized spacial score (nSPS) is 22.4. The van der Waals surface area contributed by atoms with Gasteiger partial charge in [0.25, 0.3) is 0 Å². The summed E-state index contributed by atoms with van der Waals surface area (Å²) in [4.78, 5) is 24.1. The fourth-order valence-electron chi connectivity index (χ4n) is 7.95. The zero-order valence-corrected chi connectivity index (χ0v) is 35.6. The highest BCUT2D eigenvalue weighted by atomic mass is 32.2. The van der Waals surface area contributed by atoms with E-state index in [1.54, 1.807) is 24.3 Å². The highest BCUT2D eigenvalue weighted by Crippen LogP contribution is 2.39. The zero-order valence-electron chi connectivity index (χ0n) is 33.9. The Kier molecular flexibility index (Phi) is 12.9. The third-order valence-electron chi connectivity index (χ3n) is 10.6. The van der Waals surface area contributed by atoms with Crippen LogP contribution in [0.2, 0.25) is 0 Å². The first kappa shape index (κ1) is 42.7. The Morgan fingerprint density at radius 1 is 0.700 bits per heavy atom. The van der Waals surface area contributed by atoms with Gasteiger partial charge in [0.05, 0.1) is 23.7 Å². The van der Waals surface area contributed by atoms with E-state index in [9.17, 15) is 26.4 Å². The van der Waals surface area contributed by atoms with Gasteiger partial charge in [0, 0.05) is 54.0 Å². The summed E-state index contributed by atoms with van der Waals surface area (Å²) in [6, 6.07) is 14.5. The smallest absolute Gasteiger partial charge is 0.407 e. The third kappa shape index (κ3) is 10.3. The van der Waals surface area contributed by atoms with Crippen LogP contribution in [-0.2, 0) is 35.9 Å². The van der Waals surface area contributed by atoms with E-state index in [0.29, 0.717) is 41.7 Å². The van der Waals surface area contributed by atoms with Crippen molar-refractivity contribution in [2.75, 3.05) is 29.2 Å². The van der Waals surface area contributed by atoms with Gasteiger partial charge in [-0.25, -0.2) is 31.1 Å². The minimum atomic E-state index is -3.60. The molecule has 2 aromatic carbocycles. The van der Waals surface area contributed by atoms with Gasteiger partial charge in [0.2, 0.25) is 20.0 Å². The average molecular weight is 868 g/mol. The predicted octanol–water partition coefficient (Wildman–Crippen LogP) is 5.34. The molecule has 4 atom stereocenters. The number of alkyl carbamates (subject to hydrolysis) is 2. The average Bonchev–Trinajstić information content (AvgIpc) is 4.00. The number of nitrogens with zero attached hydrogens (tertiary/aromatic N) is 2. The summed E-state index contributed by atoms with van der Waals surface area (Å²) in [5.74, 6) is 1.49. The van der Waals surface area contributed by atoms with Crippen LogP contribution in [0.25, 0.3) is 0 Å². The van der Waals surface area contributed by atoms with Gasteiger partial charge in [0.15, 0.2) is 11.6 Å². The number of amides is 2. The maximum Gasteiger partial charge on any atom is 0.407 e. The maximum absolute atomic E-state index is 12.5. The van der Waals surface area contributed by atoms with E-state index in [-0.39, 0.29) is 64.8 Å². The van der Waals surface area contributed by atoms with Gasteiger partial charge < -0.3 is 36.1 Å². The molecule has 1 unspecified atom stereocenters. The number of benzene rings is 2. The molecule has 21 heteroatoms. The molecule has 4 heterocycles. The van der Waals surface area contributed by atoms with E-state index in [1.165, 1.54) is 0 Å². The van der Waals surface area contributed by atoms with Crippen LogP contribution in [0.1, 0.15) is 95.0 Å². The van der Waals surface area contributed by atoms with E-state index >= 15 is 0 Å². The van der Waals surface area contributed by atoms with Crippen molar-refractivity contribution >= 4 is 60.9 Å². The second kappa shape index (κ2) is 18.1. The Morgan fingerprint density at radius 3 is 1.77 bits per heavy atom. The molecule has 0 radical (unpaired) electrons. The maximum atomic E-state index is 12.5. The number of anilines is 5. The third-order valence-corrected chi connectivity index (χ3v) is 13.7. The van der Waals surface area contributed by atoms with Gasteiger partial charge in [-0.05, 0) is 96.4 Å². The van der Waals surface area contributed by atoms with Crippen molar-refractivity contribution in [1.29, 1.82) is 0 Å². The number of carbonyl (C=O) groups excluding carboxylic acids is 2. The van der Waals surface area contributed by atoms with Crippen LogP contribution in [0.4, 0.5) is 38.3 Å². The summed E-state index contributed by atoms with van der Waals surface area (Å²) in [7, 11) is -7.13. The topological polar surface area (TPSA) is 262 Å². The van der Waals surface area contributed by atoms with Gasteiger partial charge in [-0.1, -0.05) is 18.2 Å². The number of rotatable bonds is 10. The first-order valence-corrected chi connectivity index (χ1v) is 23.2. The molecule has 2 amide bonds. The van der Waals surface area contributed by atoms with E-state index in [2.05, 4.69) is 56.4 Å². The van der Waals surface area contributed by atoms with Crippen molar-refractivity contribution in [3.63, 3.8) is 0 Å². The molecule has 60 heavy (non-hydrogen) atoms. The number of aromatic amines is 2. The number of ether oxygens (including phenoxy) is 2. The van der Waals surface area contributed by atoms with E-state index in [4.69, 9.17) is 9.47 Å². The number of aromatic nitrogens is 4. The van der Waals surface area contributed by atoms with Crippen molar-refractivity contribution in [2.24, 2.45) is 0 Å². The van der Waals surface area contributed by atoms with Gasteiger partial charge in [-0.2, -0.15) is 14.9 Å². The van der Waals surface area contributed by atoms with Gasteiger partial charge in [0.1, 0.15) is 22.0 Å². The summed E-state index contributed by atoms with van der Waals surface area (Å²) < 4.78 is 65.8. The Bertz CT molecular complexity index is 2230. The number of hydrogen-bond donors (Lipinski definition) is 9. The quantitative estimate of drug-likeness (QED) is 0.0976. The standard InChI is InChI=1S/C20H27N5O4S.C19H26N6O4S/c1-12(2)22-20(26)29-15-7-6-14(10-15)17-11-18(25-24-17)23-16-5-3-4-13-8-9-21-30(27,28)19(13)16;1-11(2)22-19(26)29-13-7-6-12(8-13)16-9-17(25-24-16)23-15-5-3-4-14-18(15)30(27,28)21-10-20-14/h3-5,11-12,14-15,21H,6-10H2,1-2H3,(H,22,26)(H2,23,24,25);3-5,9,11-13,20-21H,6-8,10H2,1-2H3,(H,22,26)(H2,23,24,25)/t14-,15?;12-,13+/m00/s1. The summed E-state index contributed by atoms with van der Waals surface area (Å²) in [6.07, 6.45) is 4.44. The molecule has 2 aliphatic heterocycles. The minimum Gasteiger partial charge on any atom is -0.446 e. The second-order valence-electron chi connectivity index (χ2n) is 16.0. The molecule has 0 saturated heterocycles. The second-order valence-corrected chi connectivity index (χ2v) is 19.4. The molecule has 2 aliphatic carbocycles. The summed E-state index contributed by atoms with van der Waals surface area (Å²) in [6.45, 7) is 8.13. The van der Waals surface area contributed by atoms with Gasteiger partial charge in [-0.15, -0.1) is 0 Å². The molecule has 4 aromatic rings. The fourth-order valence-corrected chi connectivity index (χ4v) is 10.6. The molecule has 2 fully saturated rings. The lowest BCUT2D eigenvalue weighted by molar-refractivity contribution is 0.0972. The number of hydrogen-bond acceptors (Lipinski definition) is 13. The molecule has 9 N–H and O–H groups in total. The van der Waals surface area contributed by atoms with Crippen LogP contribution in [0.15, 0.2) is 58.3 Å². The Hall–Kier alpha value is -5.38. The SMILES string of the molecule is CC(C)NC(=O)OC1CC[C@H](c2cc(Nc3cccc4c3S(=O)(=O)NCC4)n[nH]2)C1.CC(C)NC(=O)O[C@@H]1CC[C@H](c2cc(Nc3cccc4c3S(=O)(=O)NCN4)n[nH]2)C1. The first-order valence-electron chi connectivity index (χ1n) is 20.2. The van der Waals surface area contributed by atoms with Crippen LogP contribution in [-0.4, -0.2) is 86.9 Å². The van der Waals surface area contributed by atoms with Crippen molar-refractivity contribution in [3.8, 4) is 0 Å². The minimum absolute atomic E-state index is 0.0360. The van der Waals surface area contributed by atoms with Crippen LogP contribution in [0, 0.1) is 0 Å². The van der Waals surface area contributed by atoms with Crippen molar-refractivity contribution in [1.82, 2.24) is 40.5 Å². The first-order chi connectivity index (χ1) is 28.6. The molecular weight excluding hydrogens is 815 g/mol. The Morgan fingerprint density at radius 2 is 1.22 bits per heavy atom. The lowest BCUT2D eigenvalue weighted by Gasteiger charge is -2.21. The zero-order chi connectivity index (χ0) is 42.6. The van der Waals surface area contributed by atoms with Crippen LogP contribution in [0.3, 0.4) is 0 Å². The monoisotopic (exact) mass is 867 g/mol. The van der Waals surface area contributed by atoms with E-state index < -0.39 is 20.0 Å². The predicted molar refractivity (Wildman–Crippen MR) is 225 cm³/mol. The lowest BCUT2D eigenvalue weighted by atomic mass is 10.0. The van der Waals surface area contributed by atoms with E-state index in [0.717, 1.165) is 55.5 Å². The van der Waals surface area contributed by atoms with Gasteiger partial charge >= 0.3 is 12.2 Å². The highest BCUT2D eigenvalue weighted by molar-refractivity contribution is 7.90. The summed E-state index contributed by atoms with van der Waals surface area (Å²) in [5, 5.41) is 29.4. The van der Waals surface area contributed by atoms with Crippen molar-refractivity contribution < 1.29 is 35.9 Å². The fraction of sp³-hybridized carbons (Fsp3) is 0.487. The van der Waals surface area contributed by atoms with Crippen molar-refractivity contribution in [3.05, 3.63) is 65.5 Å². The van der Waals surface area contributed by atoms with Gasteiger partial charge in [-0.3, -0.25) is 10.2 Å². The number of carbonyl (C=O) groups is 2. The van der Waals surface area contributed by atoms with Crippen LogP contribution < -0.4 is 36.0 Å². The summed E-state index contributed by atoms with van der Waals surface area (Å²) in [5.41, 5.74) is 4.17. The molecule has 8 rings (SSSR count). The lowest BCUT2D eigenvalue weighted by Crippen LogP contribution is -2.35. The number of nitrogens with one attached hydrogen (secondary N) is 9. The molecular formula is C39H53N11O8S2.